The highest BCUT2D eigenvalue weighted by atomic mass is 15.1. The van der Waals surface area contributed by atoms with Crippen LogP contribution in [0, 0.1) is 0 Å². The number of hydrogen-bond donors (Lipinski definition) is 2. The Balaban J connectivity index is 2.86. The first kappa shape index (κ1) is 5.81. The van der Waals surface area contributed by atoms with Crippen molar-refractivity contribution in [2.75, 3.05) is 0 Å². The highest BCUT2D eigenvalue weighted by Crippen LogP contribution is 2.03. The highest BCUT2D eigenvalue weighted by molar-refractivity contribution is 5.98. The summed E-state index contributed by atoms with van der Waals surface area (Å²) in [6, 6.07) is 0. The molecule has 0 bridgehead atoms. The summed E-state index contributed by atoms with van der Waals surface area (Å²) < 4.78 is 0. The van der Waals surface area contributed by atoms with E-state index in [1.807, 2.05) is 0 Å². The first-order valence-electron chi connectivity index (χ1n) is 2.53. The van der Waals surface area contributed by atoms with Gasteiger partial charge in [-0.3, -0.25) is 0 Å². The number of guanidine groups is 1. The molecule has 0 unspecified atom stereocenters. The van der Waals surface area contributed by atoms with Gasteiger partial charge in [0.25, 0.3) is 0 Å². The maximum absolute atomic E-state index is 5.34. The second-order valence-corrected chi connectivity index (χ2v) is 1.82. The number of rotatable bonds is 0. The Hall–Kier alpha value is -1.32. The van der Waals surface area contributed by atoms with Crippen LogP contribution >= 0.6 is 0 Å². The van der Waals surface area contributed by atoms with Crippen LogP contribution < -0.4 is 11.5 Å². The molecular formula is C5H8N4. The molecule has 0 aliphatic carbocycles. The molecule has 0 saturated carbocycles. The van der Waals surface area contributed by atoms with Crippen LogP contribution in [-0.4, -0.2) is 11.8 Å². The minimum absolute atomic E-state index is 0.198. The number of amidine groups is 1. The number of hydrogen-bond acceptors (Lipinski definition) is 4. The molecule has 0 atom stereocenters. The maximum Gasteiger partial charge on any atom is 0.221 e. The monoisotopic (exact) mass is 124 g/mol. The van der Waals surface area contributed by atoms with Crippen molar-refractivity contribution >= 4 is 11.8 Å². The van der Waals surface area contributed by atoms with Crippen molar-refractivity contribution in [3.63, 3.8) is 0 Å². The second-order valence-electron chi connectivity index (χ2n) is 1.82. The average Bonchev–Trinajstić information content (AvgIpc) is 1.59. The number of nitrogens with zero attached hydrogens (tertiary/aromatic N) is 2. The summed E-state index contributed by atoms with van der Waals surface area (Å²) in [5.74, 6) is 0.677. The van der Waals surface area contributed by atoms with Crippen molar-refractivity contribution in [1.29, 1.82) is 0 Å². The van der Waals surface area contributed by atoms with Crippen LogP contribution in [0.1, 0.15) is 6.42 Å². The fraction of sp³-hybridized carbons (Fsp3) is 0.200. The van der Waals surface area contributed by atoms with E-state index in [4.69, 9.17) is 11.5 Å². The predicted octanol–water partition coefficient (Wildman–Crippen LogP) is -0.424. The Kier molecular flexibility index (Phi) is 1.22. The first-order valence-corrected chi connectivity index (χ1v) is 2.53. The molecule has 0 amide bonds. The van der Waals surface area contributed by atoms with E-state index in [-0.39, 0.29) is 5.96 Å². The van der Waals surface area contributed by atoms with Crippen LogP contribution in [0.25, 0.3) is 0 Å². The lowest BCUT2D eigenvalue weighted by molar-refractivity contribution is 1.14. The van der Waals surface area contributed by atoms with Gasteiger partial charge in [0.15, 0.2) is 0 Å². The summed E-state index contributed by atoms with van der Waals surface area (Å²) in [5.41, 5.74) is 11.2. The van der Waals surface area contributed by atoms with E-state index >= 15 is 0 Å². The fourth-order valence-electron chi connectivity index (χ4n) is 0.622. The third-order valence-corrected chi connectivity index (χ3v) is 0.916. The van der Waals surface area contributed by atoms with Gasteiger partial charge in [0, 0.05) is 12.1 Å². The van der Waals surface area contributed by atoms with Crippen molar-refractivity contribution in [2.45, 2.75) is 6.42 Å². The van der Waals surface area contributed by atoms with E-state index in [0.717, 1.165) is 0 Å². The van der Waals surface area contributed by atoms with Gasteiger partial charge in [0.2, 0.25) is 5.96 Å². The lowest BCUT2D eigenvalue weighted by Gasteiger charge is -2.05. The molecule has 1 rings (SSSR count). The Labute approximate surface area is 53.0 Å². The van der Waals surface area contributed by atoms with Gasteiger partial charge in [-0.1, -0.05) is 6.58 Å². The zero-order valence-corrected chi connectivity index (χ0v) is 4.96. The Morgan fingerprint density at radius 1 is 1.33 bits per heavy atom. The van der Waals surface area contributed by atoms with Crippen molar-refractivity contribution < 1.29 is 0 Å². The van der Waals surface area contributed by atoms with E-state index in [1.54, 1.807) is 0 Å². The molecule has 4 N–H and O–H groups in total. The summed E-state index contributed by atoms with van der Waals surface area (Å²) >= 11 is 0. The zero-order valence-electron chi connectivity index (χ0n) is 4.96. The lowest BCUT2D eigenvalue weighted by atomic mass is 10.3. The van der Waals surface area contributed by atoms with Crippen LogP contribution in [0.15, 0.2) is 22.3 Å². The third kappa shape index (κ3) is 1.28. The highest BCUT2D eigenvalue weighted by Gasteiger charge is 2.03. The van der Waals surface area contributed by atoms with E-state index < -0.39 is 0 Å². The van der Waals surface area contributed by atoms with Gasteiger partial charge in [-0.25, -0.2) is 9.98 Å². The SMILES string of the molecule is C=C1CC(N)=NC(N)=N1. The maximum atomic E-state index is 5.34. The Morgan fingerprint density at radius 2 is 2.00 bits per heavy atom. The van der Waals surface area contributed by atoms with Gasteiger partial charge in [-0.05, 0) is 0 Å². The van der Waals surface area contributed by atoms with Crippen LogP contribution in [0.2, 0.25) is 0 Å². The fourth-order valence-corrected chi connectivity index (χ4v) is 0.622. The minimum atomic E-state index is 0.198. The smallest absolute Gasteiger partial charge is 0.221 e. The third-order valence-electron chi connectivity index (χ3n) is 0.916. The quantitative estimate of drug-likeness (QED) is 0.460. The Bertz CT molecular complexity index is 201. The molecular weight excluding hydrogens is 116 g/mol. The molecule has 0 saturated heterocycles. The Morgan fingerprint density at radius 3 is 2.44 bits per heavy atom. The molecule has 0 aromatic heterocycles. The van der Waals surface area contributed by atoms with Gasteiger partial charge in [-0.15, -0.1) is 0 Å². The summed E-state index contributed by atoms with van der Waals surface area (Å²) in [7, 11) is 0. The normalized spacial score (nSPS) is 18.9. The van der Waals surface area contributed by atoms with Crippen molar-refractivity contribution in [2.24, 2.45) is 21.5 Å². The second kappa shape index (κ2) is 1.89. The molecule has 0 aromatic carbocycles. The van der Waals surface area contributed by atoms with Crippen molar-refractivity contribution in [3.05, 3.63) is 12.3 Å². The van der Waals surface area contributed by atoms with Gasteiger partial charge < -0.3 is 11.5 Å². The van der Waals surface area contributed by atoms with E-state index in [2.05, 4.69) is 16.6 Å². The van der Waals surface area contributed by atoms with Crippen LogP contribution in [0.4, 0.5) is 0 Å². The predicted molar refractivity (Wildman–Crippen MR) is 37.0 cm³/mol. The van der Waals surface area contributed by atoms with Crippen molar-refractivity contribution in [1.82, 2.24) is 0 Å². The minimum Gasteiger partial charge on any atom is -0.387 e. The number of aliphatic imine (C=N–C) groups is 2. The van der Waals surface area contributed by atoms with Gasteiger partial charge in [0.05, 0.1) is 0 Å². The van der Waals surface area contributed by atoms with E-state index in [0.29, 0.717) is 18.0 Å². The first-order chi connectivity index (χ1) is 4.18. The molecule has 4 heteroatoms. The average molecular weight is 124 g/mol. The van der Waals surface area contributed by atoms with Crippen molar-refractivity contribution in [3.8, 4) is 0 Å². The molecule has 1 aliphatic rings. The largest absolute Gasteiger partial charge is 0.387 e. The number of nitrogens with two attached hydrogens (primary N) is 2. The molecule has 9 heavy (non-hydrogen) atoms. The summed E-state index contributed by atoms with van der Waals surface area (Å²) in [6.45, 7) is 3.59. The molecule has 0 radical (unpaired) electrons. The summed E-state index contributed by atoms with van der Waals surface area (Å²) in [5, 5.41) is 0. The molecule has 1 aliphatic heterocycles. The van der Waals surface area contributed by atoms with E-state index in [1.165, 1.54) is 0 Å². The summed E-state index contributed by atoms with van der Waals surface area (Å²) in [6.07, 6.45) is 0.528. The standard InChI is InChI=1S/C5H8N4/c1-3-2-4(6)9-5(7)8-3/h1-2H2,(H4,6,7,8,9). The van der Waals surface area contributed by atoms with E-state index in [9.17, 15) is 0 Å². The topological polar surface area (TPSA) is 76.8 Å². The zero-order chi connectivity index (χ0) is 6.85. The molecule has 1 heterocycles. The summed E-state index contributed by atoms with van der Waals surface area (Å²) in [4.78, 5) is 7.46. The molecule has 0 aromatic rings. The molecule has 0 fully saturated rings. The van der Waals surface area contributed by atoms with Gasteiger partial charge >= 0.3 is 0 Å². The van der Waals surface area contributed by atoms with Gasteiger partial charge in [-0.2, -0.15) is 0 Å². The lowest BCUT2D eigenvalue weighted by Crippen LogP contribution is -2.22. The molecule has 48 valence electrons. The van der Waals surface area contributed by atoms with Crippen LogP contribution in [0.5, 0.6) is 0 Å². The molecule has 0 spiro atoms. The van der Waals surface area contributed by atoms with Crippen LogP contribution in [-0.2, 0) is 0 Å². The van der Waals surface area contributed by atoms with Gasteiger partial charge in [0.1, 0.15) is 5.84 Å². The molecule has 4 nitrogen and oxygen atoms in total. The van der Waals surface area contributed by atoms with Crippen LogP contribution in [0.3, 0.4) is 0 Å².